The Balaban J connectivity index is 1.40. The van der Waals surface area contributed by atoms with Crippen molar-refractivity contribution in [3.05, 3.63) is 60.2 Å². The van der Waals surface area contributed by atoms with Crippen LogP contribution in [0.5, 0.6) is 5.75 Å². The predicted molar refractivity (Wildman–Crippen MR) is 101 cm³/mol. The van der Waals surface area contributed by atoms with Crippen LogP contribution in [0.1, 0.15) is 29.0 Å². The number of hydrogen-bond donors (Lipinski definition) is 1. The second-order valence-electron chi connectivity index (χ2n) is 6.73. The van der Waals surface area contributed by atoms with E-state index in [9.17, 15) is 13.6 Å². The molecule has 0 saturated heterocycles. The van der Waals surface area contributed by atoms with Crippen LogP contribution in [0.15, 0.2) is 48.8 Å². The van der Waals surface area contributed by atoms with Crippen molar-refractivity contribution < 1.29 is 18.3 Å². The molecular formula is C20H19F2N5O2. The molecule has 150 valence electrons. The minimum atomic E-state index is -2.89. The molecule has 3 aromatic rings. The molecular weight excluding hydrogens is 380 g/mol. The molecule has 0 fully saturated rings. The smallest absolute Gasteiger partial charge is 0.387 e. The van der Waals surface area contributed by atoms with Crippen LogP contribution in [0, 0.1) is 0 Å². The zero-order valence-electron chi connectivity index (χ0n) is 15.5. The van der Waals surface area contributed by atoms with Gasteiger partial charge in [-0.15, -0.1) is 10.2 Å². The van der Waals surface area contributed by atoms with E-state index in [1.807, 2.05) is 12.1 Å². The molecule has 7 nitrogen and oxygen atoms in total. The lowest BCUT2D eigenvalue weighted by Gasteiger charge is -2.16. The molecule has 9 heteroatoms. The van der Waals surface area contributed by atoms with Crippen LogP contribution in [-0.2, 0) is 13.0 Å². The quantitative estimate of drug-likeness (QED) is 0.713. The Bertz CT molecular complexity index is 976. The van der Waals surface area contributed by atoms with Gasteiger partial charge in [0.25, 0.3) is 5.91 Å². The number of rotatable bonds is 5. The van der Waals surface area contributed by atoms with Gasteiger partial charge in [-0.25, -0.2) is 0 Å². The Kier molecular flexibility index (Phi) is 5.46. The van der Waals surface area contributed by atoms with Crippen LogP contribution in [0.2, 0.25) is 0 Å². The number of hydrogen-bond acceptors (Lipinski definition) is 5. The molecule has 3 heterocycles. The summed E-state index contributed by atoms with van der Waals surface area (Å²) in [7, 11) is 0. The molecule has 4 rings (SSSR count). The lowest BCUT2D eigenvalue weighted by Crippen LogP contribution is -2.35. The van der Waals surface area contributed by atoms with Crippen LogP contribution in [-0.4, -0.2) is 38.3 Å². The number of nitrogens with one attached hydrogen (secondary N) is 1. The zero-order chi connectivity index (χ0) is 20.2. The number of aryl methyl sites for hydroxylation is 1. The molecule has 1 unspecified atom stereocenters. The molecule has 2 aromatic heterocycles. The van der Waals surface area contributed by atoms with Gasteiger partial charge in [0, 0.05) is 42.5 Å². The summed E-state index contributed by atoms with van der Waals surface area (Å²) in [5.41, 5.74) is 1.35. The summed E-state index contributed by atoms with van der Waals surface area (Å²) >= 11 is 0. The molecule has 0 aliphatic carbocycles. The average molecular weight is 399 g/mol. The highest BCUT2D eigenvalue weighted by atomic mass is 19.3. The normalized spacial score (nSPS) is 16.2. The van der Waals surface area contributed by atoms with Gasteiger partial charge in [-0.05, 0) is 49.2 Å². The van der Waals surface area contributed by atoms with Gasteiger partial charge in [0.15, 0.2) is 5.82 Å². The number of nitrogens with zero attached hydrogens (tertiary/aromatic N) is 4. The van der Waals surface area contributed by atoms with E-state index in [4.69, 9.17) is 0 Å². The van der Waals surface area contributed by atoms with Gasteiger partial charge in [-0.3, -0.25) is 9.78 Å². The first-order valence-electron chi connectivity index (χ1n) is 9.28. The molecule has 0 spiro atoms. The minimum Gasteiger partial charge on any atom is -0.435 e. The second kappa shape index (κ2) is 8.34. The molecule has 1 aliphatic heterocycles. The van der Waals surface area contributed by atoms with Crippen molar-refractivity contribution in [3.63, 3.8) is 0 Å². The molecule has 0 radical (unpaired) electrons. The monoisotopic (exact) mass is 399 g/mol. The third kappa shape index (κ3) is 4.39. The van der Waals surface area contributed by atoms with Crippen molar-refractivity contribution in [3.8, 4) is 17.1 Å². The topological polar surface area (TPSA) is 81.9 Å². The van der Waals surface area contributed by atoms with E-state index < -0.39 is 6.61 Å². The summed E-state index contributed by atoms with van der Waals surface area (Å²) in [6.07, 6.45) is 5.61. The van der Waals surface area contributed by atoms with E-state index in [-0.39, 0.29) is 17.7 Å². The van der Waals surface area contributed by atoms with Crippen molar-refractivity contribution in [2.75, 3.05) is 0 Å². The van der Waals surface area contributed by atoms with E-state index in [0.29, 0.717) is 18.5 Å². The number of halogens is 2. The van der Waals surface area contributed by atoms with Crippen LogP contribution in [0.4, 0.5) is 8.78 Å². The average Bonchev–Trinajstić information content (AvgIpc) is 3.03. The van der Waals surface area contributed by atoms with Crippen molar-refractivity contribution in [1.82, 2.24) is 25.1 Å². The van der Waals surface area contributed by atoms with Gasteiger partial charge in [0.2, 0.25) is 0 Å². The number of carbonyl (C=O) groups is 1. The molecule has 1 amide bonds. The summed E-state index contributed by atoms with van der Waals surface area (Å²) in [4.78, 5) is 16.5. The Hall–Kier alpha value is -3.36. The Morgan fingerprint density at radius 1 is 1.10 bits per heavy atom. The van der Waals surface area contributed by atoms with Crippen LogP contribution >= 0.6 is 0 Å². The van der Waals surface area contributed by atoms with Gasteiger partial charge in [-0.2, -0.15) is 8.78 Å². The van der Waals surface area contributed by atoms with Gasteiger partial charge in [-0.1, -0.05) is 0 Å². The molecule has 1 aliphatic rings. The summed E-state index contributed by atoms with van der Waals surface area (Å²) in [6.45, 7) is -2.20. The van der Waals surface area contributed by atoms with Crippen LogP contribution in [0.3, 0.4) is 0 Å². The molecule has 0 saturated carbocycles. The number of aromatic nitrogens is 4. The maximum Gasteiger partial charge on any atom is 0.387 e. The number of fused-ring (bicyclic) bond motifs is 1. The SMILES string of the molecule is O=C(NC1CCc2nnc(-c3ccncc3)n2CC1)c1ccc(OC(F)F)cc1. The predicted octanol–water partition coefficient (Wildman–Crippen LogP) is 3.08. The van der Waals surface area contributed by atoms with Gasteiger partial charge in [0.1, 0.15) is 11.6 Å². The van der Waals surface area contributed by atoms with Crippen molar-refractivity contribution in [1.29, 1.82) is 0 Å². The standard InChI is InChI=1S/C20H19F2N5O2/c21-20(22)29-16-4-1-14(2-5-16)19(28)24-15-3-6-17-25-26-18(27(17)12-9-15)13-7-10-23-11-8-13/h1-2,4-5,7-8,10-11,15,20H,3,6,9,12H2,(H,24,28). The first-order chi connectivity index (χ1) is 14.1. The maximum absolute atomic E-state index is 12.5. The molecule has 1 N–H and O–H groups in total. The fraction of sp³-hybridized carbons (Fsp3) is 0.300. The number of pyridine rings is 1. The first kappa shape index (κ1) is 19.0. The fourth-order valence-corrected chi connectivity index (χ4v) is 3.40. The van der Waals surface area contributed by atoms with E-state index in [1.54, 1.807) is 12.4 Å². The minimum absolute atomic E-state index is 0.0209. The highest BCUT2D eigenvalue weighted by Crippen LogP contribution is 2.22. The third-order valence-corrected chi connectivity index (χ3v) is 4.86. The maximum atomic E-state index is 12.5. The number of alkyl halides is 2. The molecule has 29 heavy (non-hydrogen) atoms. The van der Waals surface area contributed by atoms with Gasteiger partial charge in [0.05, 0.1) is 0 Å². The van der Waals surface area contributed by atoms with Gasteiger partial charge >= 0.3 is 6.61 Å². The van der Waals surface area contributed by atoms with Crippen molar-refractivity contribution in [2.45, 2.75) is 38.5 Å². The number of carbonyl (C=O) groups excluding carboxylic acids is 1. The van der Waals surface area contributed by atoms with Crippen LogP contribution in [0.25, 0.3) is 11.4 Å². The van der Waals surface area contributed by atoms with Crippen LogP contribution < -0.4 is 10.1 Å². The summed E-state index contributed by atoms with van der Waals surface area (Å²) < 4.78 is 30.9. The highest BCUT2D eigenvalue weighted by molar-refractivity contribution is 5.94. The Morgan fingerprint density at radius 3 is 2.59 bits per heavy atom. The van der Waals surface area contributed by atoms with E-state index in [1.165, 1.54) is 24.3 Å². The fourth-order valence-electron chi connectivity index (χ4n) is 3.40. The summed E-state index contributed by atoms with van der Waals surface area (Å²) in [5, 5.41) is 11.6. The summed E-state index contributed by atoms with van der Waals surface area (Å²) in [6, 6.07) is 9.42. The van der Waals surface area contributed by atoms with Crippen molar-refractivity contribution in [2.24, 2.45) is 0 Å². The molecule has 0 bridgehead atoms. The number of ether oxygens (including phenoxy) is 1. The molecule has 1 aromatic carbocycles. The Labute approximate surface area is 165 Å². The molecule has 1 atom stereocenters. The Morgan fingerprint density at radius 2 is 1.86 bits per heavy atom. The van der Waals surface area contributed by atoms with E-state index in [0.717, 1.165) is 30.1 Å². The van der Waals surface area contributed by atoms with Gasteiger partial charge < -0.3 is 14.6 Å². The second-order valence-corrected chi connectivity index (χ2v) is 6.73. The number of benzene rings is 1. The van der Waals surface area contributed by atoms with E-state index >= 15 is 0 Å². The van der Waals surface area contributed by atoms with Crippen molar-refractivity contribution >= 4 is 5.91 Å². The van der Waals surface area contributed by atoms with E-state index in [2.05, 4.69) is 29.8 Å². The number of amides is 1. The third-order valence-electron chi connectivity index (χ3n) is 4.86. The lowest BCUT2D eigenvalue weighted by molar-refractivity contribution is -0.0498. The first-order valence-corrected chi connectivity index (χ1v) is 9.28. The largest absolute Gasteiger partial charge is 0.435 e. The lowest BCUT2D eigenvalue weighted by atomic mass is 10.1. The summed E-state index contributed by atoms with van der Waals surface area (Å²) in [5.74, 6) is 1.46. The zero-order valence-corrected chi connectivity index (χ0v) is 15.5. The highest BCUT2D eigenvalue weighted by Gasteiger charge is 2.22.